The molecule has 0 aromatic heterocycles. The Morgan fingerprint density at radius 1 is 1.44 bits per heavy atom. The molecule has 1 rings (SSSR count). The van der Waals surface area contributed by atoms with Gasteiger partial charge in [-0.3, -0.25) is 10.7 Å². The van der Waals surface area contributed by atoms with Crippen molar-refractivity contribution in [1.29, 1.82) is 0 Å². The number of aryl methyl sites for hydroxylation is 1. The van der Waals surface area contributed by atoms with E-state index in [4.69, 9.17) is 10.6 Å². The van der Waals surface area contributed by atoms with Gasteiger partial charge in [0.25, 0.3) is 0 Å². The van der Waals surface area contributed by atoms with E-state index in [2.05, 4.69) is 29.4 Å². The predicted octanol–water partition coefficient (Wildman–Crippen LogP) is 1.11. The predicted molar refractivity (Wildman–Crippen MR) is 66.0 cm³/mol. The second-order valence-electron chi connectivity index (χ2n) is 3.88. The van der Waals surface area contributed by atoms with Crippen LogP contribution in [-0.2, 0) is 13.0 Å². The highest BCUT2D eigenvalue weighted by Crippen LogP contribution is 2.20. The average Bonchev–Trinajstić information content (AvgIpc) is 2.29. The van der Waals surface area contributed by atoms with Gasteiger partial charge < -0.3 is 4.74 Å². The number of rotatable bonds is 6. The number of benzene rings is 1. The zero-order chi connectivity index (χ0) is 12.0. The summed E-state index contributed by atoms with van der Waals surface area (Å²) >= 11 is 0. The van der Waals surface area contributed by atoms with E-state index in [0.717, 1.165) is 18.7 Å². The van der Waals surface area contributed by atoms with E-state index in [-0.39, 0.29) is 0 Å². The number of hydrazine groups is 1. The van der Waals surface area contributed by atoms with E-state index in [1.54, 1.807) is 7.11 Å². The van der Waals surface area contributed by atoms with Crippen LogP contribution >= 0.6 is 0 Å². The summed E-state index contributed by atoms with van der Waals surface area (Å²) in [4.78, 5) is 2.11. The number of nitrogens with one attached hydrogen (secondary N) is 1. The minimum absolute atomic E-state index is 0.674. The average molecular weight is 223 g/mol. The van der Waals surface area contributed by atoms with Gasteiger partial charge in [0.15, 0.2) is 0 Å². The number of ether oxygens (including phenoxy) is 1. The summed E-state index contributed by atoms with van der Waals surface area (Å²) in [6, 6.07) is 6.30. The van der Waals surface area contributed by atoms with Gasteiger partial charge in [-0.2, -0.15) is 0 Å². The van der Waals surface area contributed by atoms with Crippen molar-refractivity contribution in [3.8, 4) is 5.75 Å². The largest absolute Gasteiger partial charge is 0.496 e. The minimum atomic E-state index is 0.674. The van der Waals surface area contributed by atoms with E-state index >= 15 is 0 Å². The van der Waals surface area contributed by atoms with Gasteiger partial charge in [-0.25, -0.2) is 5.43 Å². The molecule has 16 heavy (non-hydrogen) atoms. The van der Waals surface area contributed by atoms with Crippen molar-refractivity contribution >= 4 is 0 Å². The molecular weight excluding hydrogens is 202 g/mol. The van der Waals surface area contributed by atoms with Crippen LogP contribution in [0.4, 0.5) is 0 Å². The Morgan fingerprint density at radius 3 is 2.75 bits per heavy atom. The van der Waals surface area contributed by atoms with Gasteiger partial charge >= 0.3 is 0 Å². The Labute approximate surface area is 97.4 Å². The maximum atomic E-state index is 5.30. The molecule has 0 spiro atoms. The van der Waals surface area contributed by atoms with E-state index < -0.39 is 0 Å². The maximum absolute atomic E-state index is 5.30. The molecule has 4 nitrogen and oxygen atoms in total. The smallest absolute Gasteiger partial charge is 0.122 e. The van der Waals surface area contributed by atoms with E-state index in [1.165, 1.54) is 11.1 Å². The fourth-order valence-corrected chi connectivity index (χ4v) is 1.73. The van der Waals surface area contributed by atoms with E-state index in [0.29, 0.717) is 6.67 Å². The summed E-state index contributed by atoms with van der Waals surface area (Å²) in [5.41, 5.74) is 5.16. The highest BCUT2D eigenvalue weighted by atomic mass is 16.5. The van der Waals surface area contributed by atoms with Crippen molar-refractivity contribution in [3.05, 3.63) is 29.3 Å². The topological polar surface area (TPSA) is 50.5 Å². The van der Waals surface area contributed by atoms with Crippen LogP contribution < -0.4 is 16.0 Å². The van der Waals surface area contributed by atoms with Gasteiger partial charge in [-0.1, -0.05) is 19.1 Å². The normalized spacial score (nSPS) is 10.8. The lowest BCUT2D eigenvalue weighted by Crippen LogP contribution is -2.35. The summed E-state index contributed by atoms with van der Waals surface area (Å²) in [7, 11) is 3.73. The fourth-order valence-electron chi connectivity index (χ4n) is 1.73. The molecule has 0 unspecified atom stereocenters. The maximum Gasteiger partial charge on any atom is 0.122 e. The molecule has 0 fully saturated rings. The Bertz CT molecular complexity index is 328. The van der Waals surface area contributed by atoms with Crippen molar-refractivity contribution in [2.24, 2.45) is 5.84 Å². The van der Waals surface area contributed by atoms with Crippen molar-refractivity contribution in [2.75, 3.05) is 20.8 Å². The third-order valence-electron chi connectivity index (χ3n) is 2.54. The van der Waals surface area contributed by atoms with Crippen molar-refractivity contribution in [1.82, 2.24) is 10.3 Å². The van der Waals surface area contributed by atoms with Gasteiger partial charge in [0, 0.05) is 6.54 Å². The monoisotopic (exact) mass is 223 g/mol. The van der Waals surface area contributed by atoms with Crippen LogP contribution in [0, 0.1) is 0 Å². The standard InChI is InChI=1S/C12H21N3O/c1-4-11-7-10(5-6-12(11)16-3)8-15(2)9-14-13/h5-7,14H,4,8-9,13H2,1-3H3. The second-order valence-corrected chi connectivity index (χ2v) is 3.88. The first-order chi connectivity index (χ1) is 7.71. The molecule has 0 saturated heterocycles. The minimum Gasteiger partial charge on any atom is -0.496 e. The van der Waals surface area contributed by atoms with Crippen molar-refractivity contribution in [3.63, 3.8) is 0 Å². The summed E-state index contributed by atoms with van der Waals surface area (Å²) < 4.78 is 5.30. The highest BCUT2D eigenvalue weighted by Gasteiger charge is 2.04. The first-order valence-corrected chi connectivity index (χ1v) is 5.49. The van der Waals surface area contributed by atoms with Crippen LogP contribution in [0.2, 0.25) is 0 Å². The summed E-state index contributed by atoms with van der Waals surface area (Å²) in [5, 5.41) is 0. The molecular formula is C12H21N3O. The van der Waals surface area contributed by atoms with Gasteiger partial charge in [0.2, 0.25) is 0 Å². The third-order valence-corrected chi connectivity index (χ3v) is 2.54. The zero-order valence-electron chi connectivity index (χ0n) is 10.3. The molecule has 4 heteroatoms. The molecule has 90 valence electrons. The second kappa shape index (κ2) is 6.48. The molecule has 1 aromatic carbocycles. The van der Waals surface area contributed by atoms with Gasteiger partial charge in [0.1, 0.15) is 5.75 Å². The third kappa shape index (κ3) is 3.48. The number of hydrogen-bond donors (Lipinski definition) is 2. The van der Waals surface area contributed by atoms with Crippen LogP contribution in [-0.4, -0.2) is 25.7 Å². The molecule has 0 radical (unpaired) electrons. The van der Waals surface area contributed by atoms with Crippen LogP contribution in [0.3, 0.4) is 0 Å². The van der Waals surface area contributed by atoms with E-state index in [1.807, 2.05) is 13.1 Å². The molecule has 0 aliphatic rings. The highest BCUT2D eigenvalue weighted by molar-refractivity contribution is 5.37. The summed E-state index contributed by atoms with van der Waals surface area (Å²) in [6.07, 6.45) is 0.982. The van der Waals surface area contributed by atoms with Crippen LogP contribution in [0.15, 0.2) is 18.2 Å². The Morgan fingerprint density at radius 2 is 2.19 bits per heavy atom. The Kier molecular flexibility index (Phi) is 5.25. The molecule has 0 saturated carbocycles. The molecule has 0 bridgehead atoms. The van der Waals surface area contributed by atoms with Crippen molar-refractivity contribution in [2.45, 2.75) is 19.9 Å². The lowest BCUT2D eigenvalue weighted by atomic mass is 10.1. The SMILES string of the molecule is CCc1cc(CN(C)CNN)ccc1OC. The Balaban J connectivity index is 2.74. The van der Waals surface area contributed by atoms with Crippen LogP contribution in [0.5, 0.6) is 5.75 Å². The number of hydrogen-bond acceptors (Lipinski definition) is 4. The van der Waals surface area contributed by atoms with E-state index in [9.17, 15) is 0 Å². The summed E-state index contributed by atoms with van der Waals surface area (Å²) in [6.45, 7) is 3.68. The molecule has 0 amide bonds. The molecule has 0 atom stereocenters. The van der Waals surface area contributed by atoms with Gasteiger partial charge in [-0.15, -0.1) is 0 Å². The first-order valence-electron chi connectivity index (χ1n) is 5.49. The molecule has 0 aliphatic carbocycles. The number of nitrogens with zero attached hydrogens (tertiary/aromatic N) is 1. The lowest BCUT2D eigenvalue weighted by Gasteiger charge is -2.17. The molecule has 0 heterocycles. The van der Waals surface area contributed by atoms with Crippen LogP contribution in [0.25, 0.3) is 0 Å². The quantitative estimate of drug-likeness (QED) is 0.431. The number of nitrogens with two attached hydrogens (primary N) is 1. The Hall–Kier alpha value is -1.10. The zero-order valence-corrected chi connectivity index (χ0v) is 10.3. The summed E-state index contributed by atoms with van der Waals surface area (Å²) in [5.74, 6) is 6.24. The lowest BCUT2D eigenvalue weighted by molar-refractivity contribution is 0.301. The molecule has 1 aromatic rings. The fraction of sp³-hybridized carbons (Fsp3) is 0.500. The van der Waals surface area contributed by atoms with Gasteiger partial charge in [0.05, 0.1) is 13.8 Å². The first kappa shape index (κ1) is 13.0. The molecule has 3 N–H and O–H groups in total. The van der Waals surface area contributed by atoms with Crippen LogP contribution in [0.1, 0.15) is 18.1 Å². The van der Waals surface area contributed by atoms with Crippen molar-refractivity contribution < 1.29 is 4.74 Å². The number of methoxy groups -OCH3 is 1. The molecule has 0 aliphatic heterocycles. The van der Waals surface area contributed by atoms with Gasteiger partial charge in [-0.05, 0) is 30.7 Å².